The smallest absolute Gasteiger partial charge is 0.0236 e. The third-order valence-corrected chi connectivity index (χ3v) is 4.39. The van der Waals surface area contributed by atoms with Gasteiger partial charge in [0.25, 0.3) is 0 Å². The topological polar surface area (TPSA) is 26.0 Å². The number of hydrogen-bond donors (Lipinski definition) is 1. The minimum absolute atomic E-state index is 0.178. The van der Waals surface area contributed by atoms with Gasteiger partial charge in [-0.3, -0.25) is 0 Å². The van der Waals surface area contributed by atoms with Gasteiger partial charge in [-0.1, -0.05) is 13.8 Å². The van der Waals surface area contributed by atoms with E-state index in [9.17, 15) is 0 Å². The molecule has 4 fully saturated rings. The summed E-state index contributed by atoms with van der Waals surface area (Å²) >= 11 is 0. The zero-order valence-electron chi connectivity index (χ0n) is 11.4. The lowest BCUT2D eigenvalue weighted by atomic mass is 9.43. The number of hydrogen-bond acceptors (Lipinski definition) is 1. The van der Waals surface area contributed by atoms with Crippen molar-refractivity contribution in [2.45, 2.75) is 57.8 Å². The molecule has 13 heavy (non-hydrogen) atoms. The van der Waals surface area contributed by atoms with Crippen molar-refractivity contribution in [2.75, 3.05) is 0 Å². The average Bonchev–Trinajstić information content (AvgIpc) is 1.92. The predicted molar refractivity (Wildman–Crippen MR) is 54.3 cm³/mol. The molecule has 0 aromatic rings. The summed E-state index contributed by atoms with van der Waals surface area (Å²) in [7, 11) is 0. The van der Waals surface area contributed by atoms with E-state index in [0.717, 1.165) is 32.1 Å². The van der Waals surface area contributed by atoms with Gasteiger partial charge >= 0.3 is 0 Å². The average molecular weight is 182 g/mol. The molecular formula is C12H21N. The van der Waals surface area contributed by atoms with Crippen LogP contribution in [0.2, 0.25) is 0 Å². The molecular weight excluding hydrogens is 158 g/mol. The molecule has 4 rings (SSSR count). The zero-order valence-corrected chi connectivity index (χ0v) is 8.40. The van der Waals surface area contributed by atoms with Crippen LogP contribution in [0.1, 0.15) is 56.4 Å². The maximum absolute atomic E-state index is 7.86. The Morgan fingerprint density at radius 3 is 2.46 bits per heavy atom. The second-order valence-corrected chi connectivity index (χ2v) is 6.46. The Kier molecular flexibility index (Phi) is 0.874. The van der Waals surface area contributed by atoms with Gasteiger partial charge in [0.15, 0.2) is 0 Å². The molecule has 0 heterocycles. The number of nitrogens with two attached hydrogens (primary N) is 1. The van der Waals surface area contributed by atoms with Gasteiger partial charge in [-0.25, -0.2) is 0 Å². The highest BCUT2D eigenvalue weighted by Crippen LogP contribution is 2.65. The van der Waals surface area contributed by atoms with E-state index in [1.807, 2.05) is 0 Å². The molecule has 4 atom stereocenters. The molecule has 4 bridgehead atoms. The van der Waals surface area contributed by atoms with Crippen LogP contribution >= 0.6 is 0 Å². The van der Waals surface area contributed by atoms with Crippen LogP contribution in [0.5, 0.6) is 0 Å². The largest absolute Gasteiger partial charge is 0.325 e. The van der Waals surface area contributed by atoms with Crippen molar-refractivity contribution in [3.05, 3.63) is 0 Å². The second kappa shape index (κ2) is 1.98. The molecule has 0 aromatic heterocycles. The summed E-state index contributed by atoms with van der Waals surface area (Å²) in [5, 5.41) is 0. The van der Waals surface area contributed by atoms with Crippen molar-refractivity contribution in [3.63, 3.8) is 0 Å². The molecule has 0 aliphatic heterocycles. The Morgan fingerprint density at radius 2 is 1.85 bits per heavy atom. The van der Waals surface area contributed by atoms with Gasteiger partial charge in [-0.2, -0.15) is 0 Å². The molecule has 0 radical (unpaired) electrons. The fourth-order valence-electron chi connectivity index (χ4n) is 5.00. The fourth-order valence-corrected chi connectivity index (χ4v) is 5.00. The van der Waals surface area contributed by atoms with Gasteiger partial charge in [-0.15, -0.1) is 0 Å². The predicted octanol–water partition coefficient (Wildman–Crippen LogP) is 2.69. The molecule has 74 valence electrons. The van der Waals surface area contributed by atoms with E-state index in [0.29, 0.717) is 5.92 Å². The lowest BCUT2D eigenvalue weighted by Gasteiger charge is -2.64. The van der Waals surface area contributed by atoms with Gasteiger partial charge in [0.2, 0.25) is 0 Å². The van der Waals surface area contributed by atoms with Crippen LogP contribution in [-0.2, 0) is 0 Å². The van der Waals surface area contributed by atoms with E-state index in [2.05, 4.69) is 6.92 Å². The molecule has 0 saturated heterocycles. The minimum Gasteiger partial charge on any atom is -0.325 e. The highest BCUT2D eigenvalue weighted by atomic mass is 14.8. The summed E-state index contributed by atoms with van der Waals surface area (Å²) < 4.78 is 23.6. The lowest BCUT2D eigenvalue weighted by Crippen LogP contribution is -2.62. The van der Waals surface area contributed by atoms with E-state index >= 15 is 0 Å². The monoisotopic (exact) mass is 182 g/mol. The number of rotatable bonds is 0. The molecule has 4 saturated carbocycles. The molecule has 0 unspecified atom stereocenters. The quantitative estimate of drug-likeness (QED) is 0.612. The van der Waals surface area contributed by atoms with E-state index in [1.54, 1.807) is 0 Å². The van der Waals surface area contributed by atoms with Gasteiger partial charge in [0.05, 0.1) is 0 Å². The van der Waals surface area contributed by atoms with E-state index in [4.69, 9.17) is 9.85 Å². The maximum Gasteiger partial charge on any atom is 0.0236 e. The fraction of sp³-hybridized carbons (Fsp3) is 1.00. The first kappa shape index (κ1) is 5.75. The lowest BCUT2D eigenvalue weighted by molar-refractivity contribution is -0.104. The Hall–Kier alpha value is -0.0400. The highest BCUT2D eigenvalue weighted by Gasteiger charge is 2.58. The summed E-state index contributed by atoms with van der Waals surface area (Å²) in [6, 6.07) is 0. The summed E-state index contributed by atoms with van der Waals surface area (Å²) in [6.07, 6.45) is 5.77. The van der Waals surface area contributed by atoms with E-state index < -0.39 is 12.3 Å². The molecule has 1 heteroatoms. The van der Waals surface area contributed by atoms with Crippen LogP contribution < -0.4 is 5.73 Å². The molecule has 1 nitrogen and oxygen atoms in total. The van der Waals surface area contributed by atoms with Crippen molar-refractivity contribution < 1.29 is 4.11 Å². The molecule has 0 amide bonds. The maximum atomic E-state index is 7.86. The van der Waals surface area contributed by atoms with Crippen LogP contribution in [0.25, 0.3) is 0 Å². The minimum atomic E-state index is -1.82. The standard InChI is InChI=1S/C12H21N/c1-10-3-9-4-11(2,6-10)8-12(13,5-9)7-10/h9H,3-8,13H2,1-2H3/t9-,10+,11-,12-/i1D3/m0/s1. The molecule has 0 spiro atoms. The van der Waals surface area contributed by atoms with Gasteiger partial charge in [0.1, 0.15) is 0 Å². The van der Waals surface area contributed by atoms with Crippen molar-refractivity contribution in [1.82, 2.24) is 0 Å². The molecule has 4 aliphatic carbocycles. The highest BCUT2D eigenvalue weighted by molar-refractivity contribution is 5.12. The SMILES string of the molecule is [2H]C([2H])([2H])[C@]12C[C@H]3C[C@](C)(C[C@](N)(C3)C1)C2. The van der Waals surface area contributed by atoms with Crippen LogP contribution in [0.4, 0.5) is 0 Å². The third kappa shape index (κ3) is 1.09. The Balaban J connectivity index is 2.05. The second-order valence-electron chi connectivity index (χ2n) is 6.46. The summed E-state index contributed by atoms with van der Waals surface area (Å²) in [5.74, 6) is 0.562. The van der Waals surface area contributed by atoms with Gasteiger partial charge in [-0.05, 0) is 55.3 Å². The van der Waals surface area contributed by atoms with E-state index in [-0.39, 0.29) is 11.0 Å². The van der Waals surface area contributed by atoms with E-state index in [1.165, 1.54) is 6.42 Å². The first-order chi connectivity index (χ1) is 7.16. The Morgan fingerprint density at radius 1 is 1.15 bits per heavy atom. The molecule has 4 aliphatic rings. The Labute approximate surface area is 85.3 Å². The van der Waals surface area contributed by atoms with Crippen molar-refractivity contribution in [1.29, 1.82) is 0 Å². The molecule has 0 aromatic carbocycles. The van der Waals surface area contributed by atoms with Crippen LogP contribution in [-0.4, -0.2) is 5.54 Å². The van der Waals surface area contributed by atoms with Crippen LogP contribution in [0.15, 0.2) is 0 Å². The van der Waals surface area contributed by atoms with Crippen molar-refractivity contribution in [3.8, 4) is 0 Å². The van der Waals surface area contributed by atoms with Gasteiger partial charge in [0, 0.05) is 9.65 Å². The van der Waals surface area contributed by atoms with Crippen molar-refractivity contribution >= 4 is 0 Å². The first-order valence-electron chi connectivity index (χ1n) is 6.95. The summed E-state index contributed by atoms with van der Waals surface area (Å²) in [6.45, 7) is 0.429. The molecule has 2 N–H and O–H groups in total. The van der Waals surface area contributed by atoms with Crippen molar-refractivity contribution in [2.24, 2.45) is 22.5 Å². The van der Waals surface area contributed by atoms with Gasteiger partial charge < -0.3 is 5.73 Å². The van der Waals surface area contributed by atoms with Crippen LogP contribution in [0.3, 0.4) is 0 Å². The first-order valence-corrected chi connectivity index (χ1v) is 5.45. The summed E-state index contributed by atoms with van der Waals surface area (Å²) in [4.78, 5) is 0. The normalized spacial score (nSPS) is 68.8. The zero-order chi connectivity index (χ0) is 11.8. The third-order valence-electron chi connectivity index (χ3n) is 4.39. The Bertz CT molecular complexity index is 318. The van der Waals surface area contributed by atoms with Crippen LogP contribution in [0, 0.1) is 16.7 Å². The summed E-state index contributed by atoms with van der Waals surface area (Å²) in [5.41, 5.74) is 5.99.